The summed E-state index contributed by atoms with van der Waals surface area (Å²) in [6, 6.07) is 4.31. The maximum atomic E-state index is 9.00. The van der Waals surface area contributed by atoms with Gasteiger partial charge >= 0.3 is 0 Å². The molecule has 0 amide bonds. The molecule has 4 nitrogen and oxygen atoms in total. The maximum absolute atomic E-state index is 9.00. The molecule has 0 aliphatic rings. The Morgan fingerprint density at radius 3 is 1.75 bits per heavy atom. The minimum atomic E-state index is -0.833. The lowest BCUT2D eigenvalue weighted by Gasteiger charge is -2.00. The van der Waals surface area contributed by atoms with Gasteiger partial charge in [0.15, 0.2) is 0 Å². The topological polar surface area (TPSA) is 70.7 Å². The molecule has 1 rings (SSSR count). The van der Waals surface area contributed by atoms with Crippen LogP contribution in [0.3, 0.4) is 0 Å². The average Bonchev–Trinajstić information content (AvgIpc) is 2.98. The van der Waals surface area contributed by atoms with Crippen LogP contribution in [-0.2, 0) is 17.6 Å². The van der Waals surface area contributed by atoms with Gasteiger partial charge in [-0.2, -0.15) is 0 Å². The van der Waals surface area contributed by atoms with E-state index in [1.807, 2.05) is 0 Å². The number of rotatable bonds is 13. The minimum absolute atomic E-state index is 0.341. The summed E-state index contributed by atoms with van der Waals surface area (Å²) in [5.74, 6) is 1.49. The number of unbranched alkanes of at least 4 members (excludes halogenated alkanes) is 8. The molecule has 0 unspecified atom stereocenters. The Bertz CT molecular complexity index is 394. The van der Waals surface area contributed by atoms with E-state index in [2.05, 4.69) is 19.1 Å². The number of carboxylic acid groups (broad SMARTS) is 1. The molecule has 0 bridgehead atoms. The van der Waals surface area contributed by atoms with Gasteiger partial charge in [0, 0.05) is 26.4 Å². The fourth-order valence-electron chi connectivity index (χ4n) is 2.54. The van der Waals surface area contributed by atoms with Crippen molar-refractivity contribution in [2.75, 3.05) is 6.61 Å². The van der Waals surface area contributed by atoms with Gasteiger partial charge in [-0.15, -0.1) is 0 Å². The van der Waals surface area contributed by atoms with E-state index >= 15 is 0 Å². The van der Waals surface area contributed by atoms with E-state index in [0.29, 0.717) is 6.61 Å². The van der Waals surface area contributed by atoms with E-state index in [1.54, 1.807) is 0 Å². The first-order valence-electron chi connectivity index (χ1n) is 9.48. The first kappa shape index (κ1) is 22.7. The number of hydrogen-bond acceptors (Lipinski definition) is 3. The molecule has 0 spiro atoms. The zero-order valence-electron chi connectivity index (χ0n) is 15.6. The van der Waals surface area contributed by atoms with Crippen LogP contribution in [0.2, 0.25) is 0 Å². The Labute approximate surface area is 147 Å². The maximum Gasteiger partial charge on any atom is 0.300 e. The van der Waals surface area contributed by atoms with Crippen molar-refractivity contribution < 1.29 is 19.4 Å². The summed E-state index contributed by atoms with van der Waals surface area (Å²) in [6.07, 6.45) is 14.5. The van der Waals surface area contributed by atoms with Crippen LogP contribution in [0.4, 0.5) is 0 Å². The van der Waals surface area contributed by atoms with E-state index in [1.165, 1.54) is 63.5 Å². The SMILES string of the molecule is CC(=O)O.CCCCCCc1ccc(CCCCCCCCO)o1. The Morgan fingerprint density at radius 1 is 0.875 bits per heavy atom. The number of aryl methyl sites for hydroxylation is 2. The van der Waals surface area contributed by atoms with Crippen LogP contribution in [-0.4, -0.2) is 22.8 Å². The normalized spacial score (nSPS) is 10.3. The Hall–Kier alpha value is -1.29. The monoisotopic (exact) mass is 340 g/mol. The van der Waals surface area contributed by atoms with E-state index in [4.69, 9.17) is 19.4 Å². The molecule has 4 heteroatoms. The number of hydrogen-bond donors (Lipinski definition) is 2. The zero-order chi connectivity index (χ0) is 18.0. The highest BCUT2D eigenvalue weighted by atomic mass is 16.4. The predicted octanol–water partition coefficient (Wildman–Crippen LogP) is 5.37. The second-order valence-corrected chi connectivity index (χ2v) is 6.29. The van der Waals surface area contributed by atoms with Crippen LogP contribution in [0, 0.1) is 0 Å². The van der Waals surface area contributed by atoms with Crippen LogP contribution in [0.5, 0.6) is 0 Å². The summed E-state index contributed by atoms with van der Waals surface area (Å²) in [5.41, 5.74) is 0. The number of carboxylic acids is 1. The first-order chi connectivity index (χ1) is 11.6. The molecule has 0 atom stereocenters. The third kappa shape index (κ3) is 15.6. The van der Waals surface area contributed by atoms with Crippen molar-refractivity contribution in [3.63, 3.8) is 0 Å². The minimum Gasteiger partial charge on any atom is -0.481 e. The summed E-state index contributed by atoms with van der Waals surface area (Å²) < 4.78 is 5.88. The molecular formula is C20H36O4. The van der Waals surface area contributed by atoms with Gasteiger partial charge in [0.25, 0.3) is 5.97 Å². The highest BCUT2D eigenvalue weighted by Gasteiger charge is 2.02. The first-order valence-corrected chi connectivity index (χ1v) is 9.48. The van der Waals surface area contributed by atoms with Gasteiger partial charge in [-0.05, 0) is 31.4 Å². The standard InChI is InChI=1S/C18H32O2.C2H4O2/c1-2-3-4-9-12-17-14-15-18(20-17)13-10-7-5-6-8-11-16-19;1-2(3)4/h14-15,19H,2-13,16H2,1H3;1H3,(H,3,4). The van der Waals surface area contributed by atoms with E-state index in [0.717, 1.165) is 31.9 Å². The Kier molecular flexibility index (Phi) is 15.7. The highest BCUT2D eigenvalue weighted by molar-refractivity contribution is 5.62. The molecule has 0 radical (unpaired) electrons. The van der Waals surface area contributed by atoms with Gasteiger partial charge in [-0.25, -0.2) is 0 Å². The van der Waals surface area contributed by atoms with Crippen LogP contribution in [0.25, 0.3) is 0 Å². The molecule has 0 saturated heterocycles. The number of carbonyl (C=O) groups is 1. The second-order valence-electron chi connectivity index (χ2n) is 6.29. The quantitative estimate of drug-likeness (QED) is 0.474. The van der Waals surface area contributed by atoms with Crippen molar-refractivity contribution in [2.24, 2.45) is 0 Å². The molecule has 0 aromatic carbocycles. The molecule has 0 aliphatic heterocycles. The van der Waals surface area contributed by atoms with Crippen molar-refractivity contribution >= 4 is 5.97 Å². The molecule has 24 heavy (non-hydrogen) atoms. The van der Waals surface area contributed by atoms with Crippen molar-refractivity contribution in [1.82, 2.24) is 0 Å². The smallest absolute Gasteiger partial charge is 0.300 e. The average molecular weight is 341 g/mol. The number of furan rings is 1. The Morgan fingerprint density at radius 2 is 1.29 bits per heavy atom. The molecule has 2 N–H and O–H groups in total. The molecule has 0 saturated carbocycles. The molecule has 0 aliphatic carbocycles. The summed E-state index contributed by atoms with van der Waals surface area (Å²) >= 11 is 0. The molecule has 1 heterocycles. The van der Waals surface area contributed by atoms with Gasteiger partial charge in [0.05, 0.1) is 0 Å². The summed E-state index contributed by atoms with van der Waals surface area (Å²) in [7, 11) is 0. The second kappa shape index (κ2) is 16.6. The number of aliphatic hydroxyl groups is 1. The van der Waals surface area contributed by atoms with Crippen LogP contribution in [0.1, 0.15) is 89.6 Å². The van der Waals surface area contributed by atoms with E-state index in [9.17, 15) is 0 Å². The van der Waals surface area contributed by atoms with Gasteiger partial charge in [0.2, 0.25) is 0 Å². The lowest BCUT2D eigenvalue weighted by atomic mass is 10.1. The van der Waals surface area contributed by atoms with Gasteiger partial charge in [0.1, 0.15) is 11.5 Å². The molecule has 140 valence electrons. The number of aliphatic carboxylic acids is 1. The lowest BCUT2D eigenvalue weighted by molar-refractivity contribution is -0.134. The van der Waals surface area contributed by atoms with E-state index in [-0.39, 0.29) is 0 Å². The summed E-state index contributed by atoms with van der Waals surface area (Å²) in [4.78, 5) is 9.00. The third-order valence-electron chi connectivity index (χ3n) is 3.83. The van der Waals surface area contributed by atoms with Crippen LogP contribution >= 0.6 is 0 Å². The largest absolute Gasteiger partial charge is 0.481 e. The lowest BCUT2D eigenvalue weighted by Crippen LogP contribution is -1.86. The van der Waals surface area contributed by atoms with Crippen LogP contribution < -0.4 is 0 Å². The Balaban J connectivity index is 0.00000118. The van der Waals surface area contributed by atoms with Gasteiger partial charge in [-0.1, -0.05) is 51.9 Å². The predicted molar refractivity (Wildman–Crippen MR) is 98.4 cm³/mol. The zero-order valence-corrected chi connectivity index (χ0v) is 15.6. The number of aliphatic hydroxyl groups excluding tert-OH is 1. The summed E-state index contributed by atoms with van der Waals surface area (Å²) in [5, 5.41) is 16.1. The van der Waals surface area contributed by atoms with E-state index < -0.39 is 5.97 Å². The molecule has 0 fully saturated rings. The van der Waals surface area contributed by atoms with Crippen molar-refractivity contribution in [3.05, 3.63) is 23.7 Å². The fourth-order valence-corrected chi connectivity index (χ4v) is 2.54. The van der Waals surface area contributed by atoms with Crippen LogP contribution in [0.15, 0.2) is 16.5 Å². The fraction of sp³-hybridized carbons (Fsp3) is 0.750. The van der Waals surface area contributed by atoms with Gasteiger partial charge < -0.3 is 14.6 Å². The molecule has 1 aromatic heterocycles. The highest BCUT2D eigenvalue weighted by Crippen LogP contribution is 2.15. The van der Waals surface area contributed by atoms with Crippen molar-refractivity contribution in [3.8, 4) is 0 Å². The third-order valence-corrected chi connectivity index (χ3v) is 3.83. The van der Waals surface area contributed by atoms with Crippen molar-refractivity contribution in [2.45, 2.75) is 90.9 Å². The van der Waals surface area contributed by atoms with Crippen molar-refractivity contribution in [1.29, 1.82) is 0 Å². The molecule has 1 aromatic rings. The summed E-state index contributed by atoms with van der Waals surface area (Å²) in [6.45, 7) is 3.67. The van der Waals surface area contributed by atoms with Gasteiger partial charge in [-0.3, -0.25) is 4.79 Å². The molecular weight excluding hydrogens is 304 g/mol.